The monoisotopic (exact) mass is 326 g/mol. The first-order chi connectivity index (χ1) is 11.2. The molecule has 4 rings (SSSR count). The summed E-state index contributed by atoms with van der Waals surface area (Å²) >= 11 is 1.72. The molecule has 0 radical (unpaired) electrons. The van der Waals surface area contributed by atoms with Crippen LogP contribution in [0.1, 0.15) is 52.7 Å². The van der Waals surface area contributed by atoms with Gasteiger partial charge in [-0.15, -0.1) is 11.3 Å². The highest BCUT2D eigenvalue weighted by Gasteiger charge is 2.27. The number of nitrogens with zero attached hydrogens (tertiary/aromatic N) is 3. The van der Waals surface area contributed by atoms with Crippen LogP contribution in [0.2, 0.25) is 0 Å². The molecule has 23 heavy (non-hydrogen) atoms. The summed E-state index contributed by atoms with van der Waals surface area (Å²) in [5.41, 5.74) is 2.32. The van der Waals surface area contributed by atoms with E-state index in [0.717, 1.165) is 24.2 Å². The van der Waals surface area contributed by atoms with Crippen LogP contribution >= 0.6 is 11.3 Å². The fourth-order valence-electron chi connectivity index (χ4n) is 2.69. The first kappa shape index (κ1) is 14.4. The lowest BCUT2D eigenvalue weighted by atomic mass is 10.1. The van der Waals surface area contributed by atoms with Gasteiger partial charge < -0.3 is 5.32 Å². The van der Waals surface area contributed by atoms with Gasteiger partial charge in [-0.1, -0.05) is 13.0 Å². The lowest BCUT2D eigenvalue weighted by Crippen LogP contribution is -2.29. The molecule has 1 fully saturated rings. The summed E-state index contributed by atoms with van der Waals surface area (Å²) in [7, 11) is 0. The first-order valence-corrected chi connectivity index (χ1v) is 8.76. The Bertz CT molecular complexity index is 836. The number of carbonyl (C=O) groups excluding carboxylic acids is 1. The molecule has 5 nitrogen and oxygen atoms in total. The van der Waals surface area contributed by atoms with E-state index < -0.39 is 0 Å². The Labute approximate surface area is 138 Å². The highest BCUT2D eigenvalue weighted by molar-refractivity contribution is 7.10. The standard InChI is InChI=1S/C17H18N4OS/c1-11(15-3-2-8-23-15)10-18-17(22)14-9-13(12-4-5-12)20-16-6-7-19-21(14)16/h2-3,6-9,11-12H,4-5,10H2,1H3,(H,18,22). The smallest absolute Gasteiger partial charge is 0.270 e. The van der Waals surface area contributed by atoms with Crippen LogP contribution in [0.4, 0.5) is 0 Å². The predicted octanol–water partition coefficient (Wildman–Crippen LogP) is 3.20. The minimum absolute atomic E-state index is 0.0913. The van der Waals surface area contributed by atoms with Gasteiger partial charge in [0.05, 0.1) is 6.20 Å². The number of amides is 1. The van der Waals surface area contributed by atoms with E-state index in [1.807, 2.05) is 18.2 Å². The number of carbonyl (C=O) groups is 1. The van der Waals surface area contributed by atoms with Gasteiger partial charge in [0.2, 0.25) is 0 Å². The second kappa shape index (κ2) is 5.77. The van der Waals surface area contributed by atoms with Gasteiger partial charge in [0, 0.05) is 35.0 Å². The molecular weight excluding hydrogens is 308 g/mol. The molecule has 1 unspecified atom stereocenters. The van der Waals surface area contributed by atoms with Crippen molar-refractivity contribution in [1.29, 1.82) is 0 Å². The number of hydrogen-bond acceptors (Lipinski definition) is 4. The highest BCUT2D eigenvalue weighted by atomic mass is 32.1. The molecule has 3 aromatic rings. The van der Waals surface area contributed by atoms with Crippen molar-refractivity contribution in [1.82, 2.24) is 19.9 Å². The van der Waals surface area contributed by atoms with Crippen molar-refractivity contribution in [3.63, 3.8) is 0 Å². The quantitative estimate of drug-likeness (QED) is 0.783. The topological polar surface area (TPSA) is 59.3 Å². The van der Waals surface area contributed by atoms with Crippen LogP contribution in [-0.2, 0) is 0 Å². The fraction of sp³-hybridized carbons (Fsp3) is 0.353. The lowest BCUT2D eigenvalue weighted by molar-refractivity contribution is 0.0944. The maximum atomic E-state index is 12.6. The van der Waals surface area contributed by atoms with Crippen LogP contribution in [0.5, 0.6) is 0 Å². The van der Waals surface area contributed by atoms with Crippen molar-refractivity contribution >= 4 is 22.9 Å². The van der Waals surface area contributed by atoms with E-state index in [2.05, 4.69) is 33.8 Å². The van der Waals surface area contributed by atoms with Gasteiger partial charge in [-0.2, -0.15) is 5.10 Å². The van der Waals surface area contributed by atoms with Gasteiger partial charge in [0.25, 0.3) is 5.91 Å². The number of aromatic nitrogens is 3. The maximum Gasteiger partial charge on any atom is 0.270 e. The van der Waals surface area contributed by atoms with Gasteiger partial charge in [-0.25, -0.2) is 9.50 Å². The number of thiophene rings is 1. The first-order valence-electron chi connectivity index (χ1n) is 7.88. The van der Waals surface area contributed by atoms with Gasteiger partial charge in [-0.3, -0.25) is 4.79 Å². The number of hydrogen-bond donors (Lipinski definition) is 1. The van der Waals surface area contributed by atoms with E-state index in [1.165, 1.54) is 4.88 Å². The maximum absolute atomic E-state index is 12.6. The second-order valence-corrected chi connectivity index (χ2v) is 7.05. The summed E-state index contributed by atoms with van der Waals surface area (Å²) in [6.07, 6.45) is 4.01. The molecule has 6 heteroatoms. The third-order valence-electron chi connectivity index (χ3n) is 4.21. The lowest BCUT2D eigenvalue weighted by Gasteiger charge is -2.12. The van der Waals surface area contributed by atoms with Crippen molar-refractivity contribution in [2.75, 3.05) is 6.54 Å². The summed E-state index contributed by atoms with van der Waals surface area (Å²) in [6, 6.07) is 7.88. The summed E-state index contributed by atoms with van der Waals surface area (Å²) in [6.45, 7) is 2.74. The summed E-state index contributed by atoms with van der Waals surface area (Å²) in [5.74, 6) is 0.717. The number of nitrogens with one attached hydrogen (secondary N) is 1. The zero-order valence-corrected chi connectivity index (χ0v) is 13.7. The average molecular weight is 326 g/mol. The Morgan fingerprint density at radius 3 is 3.09 bits per heavy atom. The molecule has 1 atom stereocenters. The van der Waals surface area contributed by atoms with Crippen molar-refractivity contribution in [3.05, 3.63) is 52.1 Å². The van der Waals surface area contributed by atoms with Crippen molar-refractivity contribution in [3.8, 4) is 0 Å². The summed E-state index contributed by atoms with van der Waals surface area (Å²) < 4.78 is 1.62. The third kappa shape index (κ3) is 2.86. The molecular formula is C17H18N4OS. The number of rotatable bonds is 5. The molecule has 1 saturated carbocycles. The second-order valence-electron chi connectivity index (χ2n) is 6.07. The largest absolute Gasteiger partial charge is 0.350 e. The van der Waals surface area contributed by atoms with E-state index in [1.54, 1.807) is 22.0 Å². The van der Waals surface area contributed by atoms with E-state index in [9.17, 15) is 4.79 Å². The van der Waals surface area contributed by atoms with Gasteiger partial charge in [-0.05, 0) is 30.4 Å². The van der Waals surface area contributed by atoms with E-state index in [4.69, 9.17) is 0 Å². The van der Waals surface area contributed by atoms with Crippen LogP contribution in [0.25, 0.3) is 5.65 Å². The normalized spacial score (nSPS) is 15.7. The third-order valence-corrected chi connectivity index (χ3v) is 5.31. The predicted molar refractivity (Wildman–Crippen MR) is 90.0 cm³/mol. The van der Waals surface area contributed by atoms with E-state index in [0.29, 0.717) is 24.1 Å². The molecule has 1 N–H and O–H groups in total. The Morgan fingerprint density at radius 1 is 1.48 bits per heavy atom. The van der Waals surface area contributed by atoms with E-state index in [-0.39, 0.29) is 5.91 Å². The molecule has 0 spiro atoms. The van der Waals surface area contributed by atoms with Crippen molar-refractivity contribution in [2.24, 2.45) is 0 Å². The molecule has 1 aliphatic carbocycles. The van der Waals surface area contributed by atoms with Crippen LogP contribution in [-0.4, -0.2) is 27.0 Å². The van der Waals surface area contributed by atoms with Crippen LogP contribution < -0.4 is 5.32 Å². The molecule has 3 heterocycles. The molecule has 0 aliphatic heterocycles. The molecule has 1 aliphatic rings. The average Bonchev–Trinajstić information content (AvgIpc) is 3.08. The Kier molecular flexibility index (Phi) is 3.61. The SMILES string of the molecule is CC(CNC(=O)c1cc(C2CC2)nc2ccnn12)c1cccs1. The number of fused-ring (bicyclic) bond motifs is 1. The fourth-order valence-corrected chi connectivity index (χ4v) is 3.48. The Hall–Kier alpha value is -2.21. The Balaban J connectivity index is 1.55. The highest BCUT2D eigenvalue weighted by Crippen LogP contribution is 2.39. The zero-order chi connectivity index (χ0) is 15.8. The molecule has 1 amide bonds. The van der Waals surface area contributed by atoms with Crippen LogP contribution in [0, 0.1) is 0 Å². The van der Waals surface area contributed by atoms with Gasteiger partial charge in [0.1, 0.15) is 5.69 Å². The Morgan fingerprint density at radius 2 is 2.35 bits per heavy atom. The molecule has 3 aromatic heterocycles. The van der Waals surface area contributed by atoms with Crippen molar-refractivity contribution < 1.29 is 4.79 Å². The minimum atomic E-state index is -0.0913. The van der Waals surface area contributed by atoms with Gasteiger partial charge >= 0.3 is 0 Å². The van der Waals surface area contributed by atoms with E-state index >= 15 is 0 Å². The van der Waals surface area contributed by atoms with Crippen molar-refractivity contribution in [2.45, 2.75) is 31.6 Å². The van der Waals surface area contributed by atoms with Crippen LogP contribution in [0.3, 0.4) is 0 Å². The van der Waals surface area contributed by atoms with Gasteiger partial charge in [0.15, 0.2) is 5.65 Å². The molecule has 0 saturated heterocycles. The zero-order valence-electron chi connectivity index (χ0n) is 12.9. The molecule has 0 aromatic carbocycles. The summed E-state index contributed by atoms with van der Waals surface area (Å²) in [5, 5.41) is 9.33. The van der Waals surface area contributed by atoms with Crippen LogP contribution in [0.15, 0.2) is 35.8 Å². The molecule has 0 bridgehead atoms. The minimum Gasteiger partial charge on any atom is -0.350 e. The summed E-state index contributed by atoms with van der Waals surface area (Å²) in [4.78, 5) is 18.5. The molecule has 118 valence electrons.